The van der Waals surface area contributed by atoms with Crippen molar-refractivity contribution < 1.29 is 14.6 Å². The summed E-state index contributed by atoms with van der Waals surface area (Å²) in [5.41, 5.74) is 1.80. The number of nitrogens with one attached hydrogen (secondary N) is 1. The van der Waals surface area contributed by atoms with Crippen LogP contribution in [0.1, 0.15) is 12.5 Å². The van der Waals surface area contributed by atoms with Gasteiger partial charge in [0, 0.05) is 30.7 Å². The molecule has 1 amide bonds. The molecular weight excluding hydrogens is 340 g/mol. The Morgan fingerprint density at radius 3 is 2.64 bits per heavy atom. The zero-order valence-corrected chi connectivity index (χ0v) is 15.2. The second-order valence-electron chi connectivity index (χ2n) is 6.00. The summed E-state index contributed by atoms with van der Waals surface area (Å²) in [5, 5.41) is 13.5. The molecule has 2 rings (SSSR count). The fourth-order valence-corrected chi connectivity index (χ4v) is 2.67. The molecule has 2 aromatic rings. The van der Waals surface area contributed by atoms with Crippen molar-refractivity contribution in [3.05, 3.63) is 59.1 Å². The second kappa shape index (κ2) is 9.42. The average molecular weight is 363 g/mol. The van der Waals surface area contributed by atoms with Crippen LogP contribution in [-0.2, 0) is 11.3 Å². The van der Waals surface area contributed by atoms with Gasteiger partial charge in [-0.2, -0.15) is 0 Å². The summed E-state index contributed by atoms with van der Waals surface area (Å²) in [4.78, 5) is 13.0. The number of benzene rings is 2. The van der Waals surface area contributed by atoms with Gasteiger partial charge >= 0.3 is 0 Å². The number of likely N-dealkylation sites (N-methyl/N-ethyl adjacent to an activating group) is 1. The highest BCUT2D eigenvalue weighted by Crippen LogP contribution is 2.16. The standard InChI is InChI=1S/C19H23ClN2O3/c1-14(23)21-17-6-8-19(9-7-17)25-13-18(24)12-22(2)11-15-4-3-5-16(20)10-15/h3-10,18,24H,11-13H2,1-2H3,(H,21,23). The van der Waals surface area contributed by atoms with Gasteiger partial charge in [0.2, 0.25) is 5.91 Å². The summed E-state index contributed by atoms with van der Waals surface area (Å²) in [7, 11) is 1.94. The molecule has 0 aromatic heterocycles. The molecule has 0 heterocycles. The second-order valence-corrected chi connectivity index (χ2v) is 6.43. The van der Waals surface area contributed by atoms with Crippen molar-refractivity contribution in [2.24, 2.45) is 0 Å². The van der Waals surface area contributed by atoms with E-state index in [4.69, 9.17) is 16.3 Å². The number of ether oxygens (including phenoxy) is 1. The van der Waals surface area contributed by atoms with E-state index in [9.17, 15) is 9.90 Å². The summed E-state index contributed by atoms with van der Waals surface area (Å²) in [5.74, 6) is 0.525. The Morgan fingerprint density at radius 2 is 2.00 bits per heavy atom. The molecule has 2 aromatic carbocycles. The van der Waals surface area contributed by atoms with Gasteiger partial charge in [-0.3, -0.25) is 9.69 Å². The van der Waals surface area contributed by atoms with Crippen LogP contribution < -0.4 is 10.1 Å². The lowest BCUT2D eigenvalue weighted by Gasteiger charge is -2.21. The molecule has 0 saturated heterocycles. The number of hydrogen-bond acceptors (Lipinski definition) is 4. The molecule has 2 N–H and O–H groups in total. The molecule has 5 nitrogen and oxygen atoms in total. The van der Waals surface area contributed by atoms with Gasteiger partial charge in [-0.1, -0.05) is 23.7 Å². The third-order valence-electron chi connectivity index (χ3n) is 3.48. The first-order valence-corrected chi connectivity index (χ1v) is 8.41. The molecule has 25 heavy (non-hydrogen) atoms. The number of carbonyl (C=O) groups excluding carboxylic acids is 1. The maximum atomic E-state index is 11.0. The Bertz CT molecular complexity index is 691. The van der Waals surface area contributed by atoms with Crippen molar-refractivity contribution in [3.8, 4) is 5.75 Å². The van der Waals surface area contributed by atoms with Crippen LogP contribution in [0.5, 0.6) is 5.75 Å². The molecule has 0 aliphatic heterocycles. The van der Waals surface area contributed by atoms with Gasteiger partial charge < -0.3 is 15.2 Å². The Labute approximate surface area is 153 Å². The summed E-state index contributed by atoms with van der Waals surface area (Å²) in [6, 6.07) is 14.7. The van der Waals surface area contributed by atoms with Crippen LogP contribution in [0, 0.1) is 0 Å². The fraction of sp³-hybridized carbons (Fsp3) is 0.316. The number of carbonyl (C=O) groups is 1. The first kappa shape index (κ1) is 19.2. The highest BCUT2D eigenvalue weighted by molar-refractivity contribution is 6.30. The van der Waals surface area contributed by atoms with E-state index in [2.05, 4.69) is 5.32 Å². The predicted molar refractivity (Wildman–Crippen MR) is 100 cm³/mol. The fourth-order valence-electron chi connectivity index (χ4n) is 2.45. The first-order chi connectivity index (χ1) is 11.9. The smallest absolute Gasteiger partial charge is 0.221 e. The topological polar surface area (TPSA) is 61.8 Å². The van der Waals surface area contributed by atoms with E-state index in [-0.39, 0.29) is 12.5 Å². The average Bonchev–Trinajstić information content (AvgIpc) is 2.53. The van der Waals surface area contributed by atoms with Crippen molar-refractivity contribution in [2.45, 2.75) is 19.6 Å². The Hall–Kier alpha value is -2.08. The highest BCUT2D eigenvalue weighted by Gasteiger charge is 2.10. The molecular formula is C19H23ClN2O3. The van der Waals surface area contributed by atoms with Crippen molar-refractivity contribution in [2.75, 3.05) is 25.5 Å². The van der Waals surface area contributed by atoms with E-state index >= 15 is 0 Å². The molecule has 134 valence electrons. The number of nitrogens with zero attached hydrogens (tertiary/aromatic N) is 1. The molecule has 1 unspecified atom stereocenters. The van der Waals surface area contributed by atoms with Crippen LogP contribution in [0.3, 0.4) is 0 Å². The van der Waals surface area contributed by atoms with Crippen LogP contribution in [0.15, 0.2) is 48.5 Å². The van der Waals surface area contributed by atoms with Crippen molar-refractivity contribution in [1.82, 2.24) is 4.90 Å². The third-order valence-corrected chi connectivity index (χ3v) is 3.72. The van der Waals surface area contributed by atoms with E-state index in [1.807, 2.05) is 36.2 Å². The molecule has 6 heteroatoms. The highest BCUT2D eigenvalue weighted by atomic mass is 35.5. The number of aliphatic hydroxyl groups is 1. The van der Waals surface area contributed by atoms with Gasteiger partial charge in [0.05, 0.1) is 0 Å². The Kier molecular flexibility index (Phi) is 7.25. The summed E-state index contributed by atoms with van der Waals surface area (Å²) < 4.78 is 5.59. The van der Waals surface area contributed by atoms with Crippen LogP contribution in [0.25, 0.3) is 0 Å². The summed E-state index contributed by atoms with van der Waals surface area (Å²) in [6.45, 7) is 2.83. The first-order valence-electron chi connectivity index (χ1n) is 8.04. The lowest BCUT2D eigenvalue weighted by molar-refractivity contribution is -0.114. The zero-order chi connectivity index (χ0) is 18.2. The third kappa shape index (κ3) is 7.13. The number of aliphatic hydroxyl groups excluding tert-OH is 1. The lowest BCUT2D eigenvalue weighted by Crippen LogP contribution is -2.32. The van der Waals surface area contributed by atoms with Gasteiger partial charge in [0.1, 0.15) is 18.5 Å². The van der Waals surface area contributed by atoms with Gasteiger partial charge in [0.25, 0.3) is 0 Å². The van der Waals surface area contributed by atoms with Crippen molar-refractivity contribution >= 4 is 23.2 Å². The van der Waals surface area contributed by atoms with Gasteiger partial charge in [0.15, 0.2) is 0 Å². The number of anilines is 1. The zero-order valence-electron chi connectivity index (χ0n) is 14.4. The van der Waals surface area contributed by atoms with Crippen LogP contribution >= 0.6 is 11.6 Å². The molecule has 0 bridgehead atoms. The number of halogens is 1. The SMILES string of the molecule is CC(=O)Nc1ccc(OCC(O)CN(C)Cc2cccc(Cl)c2)cc1. The van der Waals surface area contributed by atoms with Crippen molar-refractivity contribution in [3.63, 3.8) is 0 Å². The monoisotopic (exact) mass is 362 g/mol. The Balaban J connectivity index is 1.76. The normalized spacial score (nSPS) is 12.0. The minimum Gasteiger partial charge on any atom is -0.491 e. The quantitative estimate of drug-likeness (QED) is 0.757. The van der Waals surface area contributed by atoms with Gasteiger partial charge in [-0.25, -0.2) is 0 Å². The molecule has 0 aliphatic carbocycles. The van der Waals surface area contributed by atoms with E-state index in [0.29, 0.717) is 29.5 Å². The minimum absolute atomic E-state index is 0.119. The molecule has 0 radical (unpaired) electrons. The molecule has 0 fully saturated rings. The Morgan fingerprint density at radius 1 is 1.28 bits per heavy atom. The van der Waals surface area contributed by atoms with Gasteiger partial charge in [-0.05, 0) is 49.0 Å². The minimum atomic E-state index is -0.612. The van der Waals surface area contributed by atoms with Crippen molar-refractivity contribution in [1.29, 1.82) is 0 Å². The van der Waals surface area contributed by atoms with E-state index in [1.165, 1.54) is 6.92 Å². The number of amides is 1. The van der Waals surface area contributed by atoms with Gasteiger partial charge in [-0.15, -0.1) is 0 Å². The van der Waals surface area contributed by atoms with Crippen LogP contribution in [-0.4, -0.2) is 42.2 Å². The maximum absolute atomic E-state index is 11.0. The van der Waals surface area contributed by atoms with E-state index in [1.54, 1.807) is 24.3 Å². The summed E-state index contributed by atoms with van der Waals surface area (Å²) in [6.07, 6.45) is -0.612. The predicted octanol–water partition coefficient (Wildman–Crippen LogP) is 3.17. The number of rotatable bonds is 8. The molecule has 1 atom stereocenters. The molecule has 0 spiro atoms. The summed E-state index contributed by atoms with van der Waals surface area (Å²) >= 11 is 5.98. The number of hydrogen-bond donors (Lipinski definition) is 2. The van der Waals surface area contributed by atoms with Crippen LogP contribution in [0.2, 0.25) is 5.02 Å². The largest absolute Gasteiger partial charge is 0.491 e. The van der Waals surface area contributed by atoms with Crippen LogP contribution in [0.4, 0.5) is 5.69 Å². The van der Waals surface area contributed by atoms with E-state index in [0.717, 1.165) is 5.56 Å². The molecule has 0 aliphatic rings. The molecule has 0 saturated carbocycles. The maximum Gasteiger partial charge on any atom is 0.221 e. The lowest BCUT2D eigenvalue weighted by atomic mass is 10.2. The van der Waals surface area contributed by atoms with E-state index < -0.39 is 6.10 Å².